The van der Waals surface area contributed by atoms with Crippen LogP contribution in [0.5, 0.6) is 0 Å². The molecule has 0 aliphatic heterocycles. The van der Waals surface area contributed by atoms with Crippen LogP contribution in [-0.4, -0.2) is 6.04 Å². The van der Waals surface area contributed by atoms with E-state index in [0.29, 0.717) is 4.83 Å². The van der Waals surface area contributed by atoms with Crippen LogP contribution in [0.15, 0.2) is 22.7 Å². The molecule has 0 aromatic heterocycles. The zero-order valence-electron chi connectivity index (χ0n) is 6.43. The number of rotatable bonds is 0. The minimum Gasteiger partial charge on any atom is -0.326 e. The highest BCUT2D eigenvalue weighted by atomic mass is 79.9. The topological polar surface area (TPSA) is 26.0 Å². The molecule has 2 rings (SSSR count). The maximum Gasteiger partial charge on any atom is 0.0552 e. The van der Waals surface area contributed by atoms with Crippen LogP contribution in [0.4, 0.5) is 0 Å². The molecule has 0 fully saturated rings. The van der Waals surface area contributed by atoms with Crippen LogP contribution >= 0.6 is 31.9 Å². The van der Waals surface area contributed by atoms with Crippen molar-refractivity contribution >= 4 is 31.9 Å². The third-order valence-electron chi connectivity index (χ3n) is 2.23. The summed E-state index contributed by atoms with van der Waals surface area (Å²) in [5.74, 6) is 0. The molecule has 2 atom stereocenters. The van der Waals surface area contributed by atoms with Gasteiger partial charge in [-0.1, -0.05) is 37.9 Å². The smallest absolute Gasteiger partial charge is 0.0552 e. The lowest BCUT2D eigenvalue weighted by Crippen LogP contribution is -2.21. The number of hydrogen-bond acceptors (Lipinski definition) is 1. The Morgan fingerprint density at radius 1 is 1.42 bits per heavy atom. The number of nitrogens with two attached hydrogens (primary N) is 1. The second-order valence-electron chi connectivity index (χ2n) is 3.11. The SMILES string of the molecule is NC1Cc2cc(Br)ccc2C1Br. The monoisotopic (exact) mass is 289 g/mol. The molecule has 2 N–H and O–H groups in total. The lowest BCUT2D eigenvalue weighted by Gasteiger charge is -2.06. The van der Waals surface area contributed by atoms with Crippen molar-refractivity contribution in [1.82, 2.24) is 0 Å². The average Bonchev–Trinajstić information content (AvgIpc) is 2.28. The van der Waals surface area contributed by atoms with E-state index in [1.54, 1.807) is 0 Å². The number of fused-ring (bicyclic) bond motifs is 1. The van der Waals surface area contributed by atoms with Gasteiger partial charge in [0.25, 0.3) is 0 Å². The van der Waals surface area contributed by atoms with Crippen LogP contribution in [0.1, 0.15) is 16.0 Å². The molecule has 2 unspecified atom stereocenters. The lowest BCUT2D eigenvalue weighted by molar-refractivity contribution is 0.716. The highest BCUT2D eigenvalue weighted by Gasteiger charge is 2.27. The second-order valence-corrected chi connectivity index (χ2v) is 5.02. The average molecular weight is 291 g/mol. The van der Waals surface area contributed by atoms with Gasteiger partial charge >= 0.3 is 0 Å². The first-order valence-corrected chi connectivity index (χ1v) is 5.57. The van der Waals surface area contributed by atoms with Crippen LogP contribution in [0.2, 0.25) is 0 Å². The van der Waals surface area contributed by atoms with E-state index < -0.39 is 0 Å². The molecule has 1 aromatic carbocycles. The first kappa shape index (κ1) is 8.73. The minimum absolute atomic E-state index is 0.231. The molecule has 0 spiro atoms. The fourth-order valence-corrected chi connectivity index (χ4v) is 2.65. The van der Waals surface area contributed by atoms with Gasteiger partial charge in [-0.05, 0) is 29.7 Å². The van der Waals surface area contributed by atoms with Crippen molar-refractivity contribution < 1.29 is 0 Å². The predicted octanol–water partition coefficient (Wildman–Crippen LogP) is 2.77. The van der Waals surface area contributed by atoms with Crippen molar-refractivity contribution in [3.63, 3.8) is 0 Å². The van der Waals surface area contributed by atoms with Gasteiger partial charge in [0.05, 0.1) is 4.83 Å². The Kier molecular flexibility index (Phi) is 2.27. The normalized spacial score (nSPS) is 27.2. The Morgan fingerprint density at radius 3 is 2.92 bits per heavy atom. The van der Waals surface area contributed by atoms with Crippen molar-refractivity contribution in [2.24, 2.45) is 5.73 Å². The summed E-state index contributed by atoms with van der Waals surface area (Å²) < 4.78 is 1.13. The van der Waals surface area contributed by atoms with Crippen molar-refractivity contribution in [3.05, 3.63) is 33.8 Å². The zero-order valence-corrected chi connectivity index (χ0v) is 9.60. The largest absolute Gasteiger partial charge is 0.326 e. The van der Waals surface area contributed by atoms with E-state index in [2.05, 4.69) is 50.1 Å². The summed E-state index contributed by atoms with van der Waals surface area (Å²) in [6, 6.07) is 6.57. The maximum absolute atomic E-state index is 5.92. The summed E-state index contributed by atoms with van der Waals surface area (Å²) in [4.78, 5) is 0.334. The number of halogens is 2. The highest BCUT2D eigenvalue weighted by Crippen LogP contribution is 2.37. The Morgan fingerprint density at radius 2 is 2.17 bits per heavy atom. The van der Waals surface area contributed by atoms with Crippen LogP contribution in [0.25, 0.3) is 0 Å². The standard InChI is InChI=1S/C9H9Br2N/c10-6-1-2-7-5(3-6)4-8(12)9(7)11/h1-3,8-9H,4,12H2. The fraction of sp³-hybridized carbons (Fsp3) is 0.333. The number of benzene rings is 1. The summed E-state index contributed by atoms with van der Waals surface area (Å²) >= 11 is 7.04. The van der Waals surface area contributed by atoms with E-state index >= 15 is 0 Å². The lowest BCUT2D eigenvalue weighted by atomic mass is 10.1. The van der Waals surface area contributed by atoms with Crippen LogP contribution in [0.3, 0.4) is 0 Å². The molecule has 0 bridgehead atoms. The number of hydrogen-bond donors (Lipinski definition) is 1. The van der Waals surface area contributed by atoms with E-state index in [-0.39, 0.29) is 6.04 Å². The molecule has 3 heteroatoms. The molecule has 1 aliphatic carbocycles. The van der Waals surface area contributed by atoms with Crippen LogP contribution in [-0.2, 0) is 6.42 Å². The molecule has 1 aromatic rings. The quantitative estimate of drug-likeness (QED) is 0.731. The third-order valence-corrected chi connectivity index (χ3v) is 3.90. The molecule has 64 valence electrons. The number of alkyl halides is 1. The maximum atomic E-state index is 5.92. The summed E-state index contributed by atoms with van der Waals surface area (Å²) in [7, 11) is 0. The van der Waals surface area contributed by atoms with E-state index in [1.807, 2.05) is 0 Å². The zero-order chi connectivity index (χ0) is 8.72. The van der Waals surface area contributed by atoms with Crippen LogP contribution in [0, 0.1) is 0 Å². The van der Waals surface area contributed by atoms with E-state index in [9.17, 15) is 0 Å². The second kappa shape index (κ2) is 3.13. The Balaban J connectivity index is 2.47. The van der Waals surface area contributed by atoms with Gasteiger partial charge < -0.3 is 5.73 Å². The first-order valence-electron chi connectivity index (χ1n) is 3.86. The van der Waals surface area contributed by atoms with Crippen molar-refractivity contribution in [2.75, 3.05) is 0 Å². The van der Waals surface area contributed by atoms with Crippen molar-refractivity contribution in [3.8, 4) is 0 Å². The van der Waals surface area contributed by atoms with Gasteiger partial charge in [0, 0.05) is 10.5 Å². The van der Waals surface area contributed by atoms with Gasteiger partial charge in [-0.25, -0.2) is 0 Å². The summed E-state index contributed by atoms with van der Waals surface area (Å²) in [6.45, 7) is 0. The predicted molar refractivity (Wildman–Crippen MR) is 57.5 cm³/mol. The minimum atomic E-state index is 0.231. The molecule has 12 heavy (non-hydrogen) atoms. The molecule has 0 amide bonds. The Bertz CT molecular complexity index is 311. The highest BCUT2D eigenvalue weighted by molar-refractivity contribution is 9.10. The Hall–Kier alpha value is 0.140. The molecule has 0 radical (unpaired) electrons. The molecule has 0 heterocycles. The summed E-state index contributed by atoms with van der Waals surface area (Å²) in [5, 5.41) is 0. The fourth-order valence-electron chi connectivity index (χ4n) is 1.61. The molecule has 0 saturated carbocycles. The summed E-state index contributed by atoms with van der Waals surface area (Å²) in [5.41, 5.74) is 8.61. The van der Waals surface area contributed by atoms with Gasteiger partial charge in [0.1, 0.15) is 0 Å². The van der Waals surface area contributed by atoms with E-state index in [4.69, 9.17) is 5.73 Å². The molecular weight excluding hydrogens is 282 g/mol. The molecule has 0 saturated heterocycles. The van der Waals surface area contributed by atoms with Crippen LogP contribution < -0.4 is 5.73 Å². The molecule has 1 nitrogen and oxygen atoms in total. The third kappa shape index (κ3) is 1.34. The van der Waals surface area contributed by atoms with Crippen molar-refractivity contribution in [1.29, 1.82) is 0 Å². The van der Waals surface area contributed by atoms with Gasteiger partial charge in [0.2, 0.25) is 0 Å². The van der Waals surface area contributed by atoms with E-state index in [0.717, 1.165) is 10.9 Å². The van der Waals surface area contributed by atoms with Gasteiger partial charge in [-0.15, -0.1) is 0 Å². The summed E-state index contributed by atoms with van der Waals surface area (Å²) in [6.07, 6.45) is 0.977. The molecular formula is C9H9Br2N. The molecule has 1 aliphatic rings. The van der Waals surface area contributed by atoms with Gasteiger partial charge in [-0.2, -0.15) is 0 Å². The first-order chi connectivity index (χ1) is 5.68. The van der Waals surface area contributed by atoms with Gasteiger partial charge in [-0.3, -0.25) is 0 Å². The Labute approximate surface area is 88.6 Å². The van der Waals surface area contributed by atoms with Crippen molar-refractivity contribution in [2.45, 2.75) is 17.3 Å². The van der Waals surface area contributed by atoms with E-state index in [1.165, 1.54) is 11.1 Å². The van der Waals surface area contributed by atoms with Gasteiger partial charge in [0.15, 0.2) is 0 Å².